The molecule has 0 aromatic heterocycles. The highest BCUT2D eigenvalue weighted by Crippen LogP contribution is 2.28. The quantitative estimate of drug-likeness (QED) is 0.937. The number of carbonyl (C=O) groups is 1. The van der Waals surface area contributed by atoms with E-state index in [2.05, 4.69) is 11.4 Å². The molecule has 0 bridgehead atoms. The Hall–Kier alpha value is -2.00. The highest BCUT2D eigenvalue weighted by molar-refractivity contribution is 6.30. The minimum atomic E-state index is -0.280. The molecule has 108 valence electrons. The van der Waals surface area contributed by atoms with Crippen LogP contribution < -0.4 is 10.2 Å². The summed E-state index contributed by atoms with van der Waals surface area (Å²) in [7, 11) is 0. The van der Waals surface area contributed by atoms with E-state index in [0.717, 1.165) is 24.3 Å². The summed E-state index contributed by atoms with van der Waals surface area (Å²) in [5.74, 6) is 0.0925. The summed E-state index contributed by atoms with van der Waals surface area (Å²) >= 11 is 5.87. The smallest absolute Gasteiger partial charge is 0.249 e. The predicted octanol–water partition coefficient (Wildman–Crippen LogP) is 3.73. The van der Waals surface area contributed by atoms with E-state index in [1.54, 1.807) is 0 Å². The third-order valence-corrected chi connectivity index (χ3v) is 4.00. The molecule has 1 N–H and O–H groups in total. The maximum Gasteiger partial charge on any atom is 0.249 e. The fourth-order valence-corrected chi connectivity index (χ4v) is 2.78. The molecule has 1 unspecified atom stereocenters. The molecule has 2 aromatic rings. The highest BCUT2D eigenvalue weighted by Gasteiger charge is 2.27. The number of benzene rings is 2. The van der Waals surface area contributed by atoms with Gasteiger partial charge in [-0.3, -0.25) is 4.79 Å². The zero-order chi connectivity index (χ0) is 14.8. The second kappa shape index (κ2) is 5.78. The van der Waals surface area contributed by atoms with E-state index in [4.69, 9.17) is 11.6 Å². The number of hydrogen-bond acceptors (Lipinski definition) is 2. The lowest BCUT2D eigenvalue weighted by atomic mass is 10.2. The molecule has 0 aliphatic carbocycles. The van der Waals surface area contributed by atoms with Crippen molar-refractivity contribution in [1.82, 2.24) is 0 Å². The zero-order valence-electron chi connectivity index (χ0n) is 11.8. The van der Waals surface area contributed by atoms with Crippen molar-refractivity contribution in [3.8, 4) is 0 Å². The van der Waals surface area contributed by atoms with Gasteiger partial charge in [-0.1, -0.05) is 29.8 Å². The maximum atomic E-state index is 12.6. The SMILES string of the molecule is CC(Nc1ccc(Cl)cc1)C(=O)N1CCc2ccccc21. The number of anilines is 2. The van der Waals surface area contributed by atoms with Crippen molar-refractivity contribution in [2.45, 2.75) is 19.4 Å². The van der Waals surface area contributed by atoms with E-state index in [1.165, 1.54) is 5.56 Å². The molecular weight excluding hydrogens is 284 g/mol. The zero-order valence-corrected chi connectivity index (χ0v) is 12.6. The second-order valence-electron chi connectivity index (χ2n) is 5.24. The van der Waals surface area contributed by atoms with Gasteiger partial charge in [0.15, 0.2) is 0 Å². The van der Waals surface area contributed by atoms with Gasteiger partial charge in [0.1, 0.15) is 6.04 Å². The number of nitrogens with one attached hydrogen (secondary N) is 1. The maximum absolute atomic E-state index is 12.6. The monoisotopic (exact) mass is 300 g/mol. The van der Waals surface area contributed by atoms with Crippen LogP contribution in [0.15, 0.2) is 48.5 Å². The van der Waals surface area contributed by atoms with Crippen LogP contribution in [0.4, 0.5) is 11.4 Å². The molecule has 1 aliphatic heterocycles. The number of nitrogens with zero attached hydrogens (tertiary/aromatic N) is 1. The number of fused-ring (bicyclic) bond motifs is 1. The summed E-state index contributed by atoms with van der Waals surface area (Å²) in [6, 6.07) is 15.2. The van der Waals surface area contributed by atoms with Gasteiger partial charge < -0.3 is 10.2 Å². The van der Waals surface area contributed by atoms with Gasteiger partial charge in [-0.05, 0) is 49.2 Å². The van der Waals surface area contributed by atoms with Gasteiger partial charge in [0.05, 0.1) is 0 Å². The van der Waals surface area contributed by atoms with Gasteiger partial charge in [-0.15, -0.1) is 0 Å². The molecule has 4 heteroatoms. The van der Waals surface area contributed by atoms with Crippen LogP contribution in [0.5, 0.6) is 0 Å². The molecule has 0 spiro atoms. The summed E-state index contributed by atoms with van der Waals surface area (Å²) in [5, 5.41) is 3.91. The fourth-order valence-electron chi connectivity index (χ4n) is 2.66. The average Bonchev–Trinajstić information content (AvgIpc) is 2.92. The number of carbonyl (C=O) groups excluding carboxylic acids is 1. The number of hydrogen-bond donors (Lipinski definition) is 1. The molecule has 21 heavy (non-hydrogen) atoms. The standard InChI is InChI=1S/C17H17ClN2O/c1-12(19-15-8-6-14(18)7-9-15)17(21)20-11-10-13-4-2-3-5-16(13)20/h2-9,12,19H,10-11H2,1H3. The van der Waals surface area contributed by atoms with E-state index in [1.807, 2.05) is 54.3 Å². The molecule has 2 aromatic carbocycles. The van der Waals surface area contributed by atoms with Gasteiger partial charge in [0.25, 0.3) is 0 Å². The number of halogens is 1. The Kier molecular flexibility index (Phi) is 3.84. The number of amides is 1. The van der Waals surface area contributed by atoms with E-state index in [0.29, 0.717) is 5.02 Å². The van der Waals surface area contributed by atoms with Crippen molar-refractivity contribution >= 4 is 28.9 Å². The Balaban J connectivity index is 1.72. The lowest BCUT2D eigenvalue weighted by Crippen LogP contribution is -2.40. The van der Waals surface area contributed by atoms with Crippen LogP contribution in [0.3, 0.4) is 0 Å². The van der Waals surface area contributed by atoms with E-state index in [-0.39, 0.29) is 11.9 Å². The predicted molar refractivity (Wildman–Crippen MR) is 87.0 cm³/mol. The Morgan fingerprint density at radius 1 is 1.19 bits per heavy atom. The molecule has 0 fully saturated rings. The summed E-state index contributed by atoms with van der Waals surface area (Å²) in [4.78, 5) is 14.5. The first-order valence-corrected chi connectivity index (χ1v) is 7.44. The van der Waals surface area contributed by atoms with Gasteiger partial charge >= 0.3 is 0 Å². The lowest BCUT2D eigenvalue weighted by Gasteiger charge is -2.23. The van der Waals surface area contributed by atoms with Gasteiger partial charge in [-0.25, -0.2) is 0 Å². The summed E-state index contributed by atoms with van der Waals surface area (Å²) in [6.45, 7) is 2.64. The molecule has 3 nitrogen and oxygen atoms in total. The first-order chi connectivity index (χ1) is 10.1. The van der Waals surface area contributed by atoms with Crippen LogP contribution in [-0.4, -0.2) is 18.5 Å². The third kappa shape index (κ3) is 2.88. The van der Waals surface area contributed by atoms with Crippen LogP contribution in [0.2, 0.25) is 5.02 Å². The van der Waals surface area contributed by atoms with Gasteiger partial charge in [0.2, 0.25) is 5.91 Å². The molecule has 0 radical (unpaired) electrons. The molecular formula is C17H17ClN2O. The second-order valence-corrected chi connectivity index (χ2v) is 5.68. The largest absolute Gasteiger partial charge is 0.374 e. The molecule has 0 saturated heterocycles. The first kappa shape index (κ1) is 14.0. The van der Waals surface area contributed by atoms with Crippen molar-refractivity contribution in [1.29, 1.82) is 0 Å². The van der Waals surface area contributed by atoms with Crippen LogP contribution >= 0.6 is 11.6 Å². The summed E-state index contributed by atoms with van der Waals surface area (Å²) < 4.78 is 0. The minimum absolute atomic E-state index is 0.0925. The topological polar surface area (TPSA) is 32.3 Å². The Morgan fingerprint density at radius 3 is 2.67 bits per heavy atom. The van der Waals surface area contributed by atoms with E-state index < -0.39 is 0 Å². The average molecular weight is 301 g/mol. The minimum Gasteiger partial charge on any atom is -0.374 e. The molecule has 3 rings (SSSR count). The van der Waals surface area contributed by atoms with Crippen molar-refractivity contribution in [3.63, 3.8) is 0 Å². The van der Waals surface area contributed by atoms with Crippen LogP contribution in [0.25, 0.3) is 0 Å². The number of rotatable bonds is 3. The first-order valence-electron chi connectivity index (χ1n) is 7.06. The molecule has 1 aliphatic rings. The Morgan fingerprint density at radius 2 is 1.90 bits per heavy atom. The van der Waals surface area contributed by atoms with Crippen molar-refractivity contribution in [3.05, 3.63) is 59.1 Å². The molecule has 1 atom stereocenters. The van der Waals surface area contributed by atoms with Crippen LogP contribution in [0.1, 0.15) is 12.5 Å². The van der Waals surface area contributed by atoms with E-state index >= 15 is 0 Å². The van der Waals surface area contributed by atoms with Gasteiger partial charge in [-0.2, -0.15) is 0 Å². The number of para-hydroxylation sites is 1. The molecule has 0 saturated carbocycles. The molecule has 1 heterocycles. The summed E-state index contributed by atoms with van der Waals surface area (Å²) in [6.07, 6.45) is 0.926. The van der Waals surface area contributed by atoms with Crippen LogP contribution in [-0.2, 0) is 11.2 Å². The molecule has 1 amide bonds. The van der Waals surface area contributed by atoms with E-state index in [9.17, 15) is 4.79 Å². The van der Waals surface area contributed by atoms with Crippen molar-refractivity contribution in [2.24, 2.45) is 0 Å². The van der Waals surface area contributed by atoms with Crippen LogP contribution in [0, 0.1) is 0 Å². The third-order valence-electron chi connectivity index (χ3n) is 3.75. The Labute approximate surface area is 129 Å². The summed E-state index contributed by atoms with van der Waals surface area (Å²) in [5.41, 5.74) is 3.17. The van der Waals surface area contributed by atoms with Crippen molar-refractivity contribution in [2.75, 3.05) is 16.8 Å². The normalized spacial score (nSPS) is 14.7. The fraction of sp³-hybridized carbons (Fsp3) is 0.235. The van der Waals surface area contributed by atoms with Crippen molar-refractivity contribution < 1.29 is 4.79 Å². The lowest BCUT2D eigenvalue weighted by molar-refractivity contribution is -0.118. The van der Waals surface area contributed by atoms with Gasteiger partial charge in [0, 0.05) is 22.9 Å². The Bertz CT molecular complexity index is 654. The highest BCUT2D eigenvalue weighted by atomic mass is 35.5.